The van der Waals surface area contributed by atoms with E-state index in [4.69, 9.17) is 14.2 Å². The Morgan fingerprint density at radius 2 is 1.67 bits per heavy atom. The summed E-state index contributed by atoms with van der Waals surface area (Å²) in [7, 11) is 0. The average Bonchev–Trinajstić information content (AvgIpc) is 3.41. The quantitative estimate of drug-likeness (QED) is 0.226. The number of amides is 2. The van der Waals surface area contributed by atoms with Crippen LogP contribution in [0.4, 0.5) is 4.79 Å². The molecule has 1 fully saturated rings. The van der Waals surface area contributed by atoms with E-state index in [-0.39, 0.29) is 25.3 Å². The summed E-state index contributed by atoms with van der Waals surface area (Å²) in [5, 5.41) is 25.5. The largest absolute Gasteiger partial charge is 0.492 e. The molecule has 0 unspecified atom stereocenters. The van der Waals surface area contributed by atoms with Gasteiger partial charge in [-0.05, 0) is 68.0 Å². The lowest BCUT2D eigenvalue weighted by atomic mass is 9.97. The number of carbonyl (C=O) groups excluding carboxylic acids is 2. The number of rotatable bonds is 14. The van der Waals surface area contributed by atoms with Crippen LogP contribution in [0, 0.1) is 0 Å². The van der Waals surface area contributed by atoms with Crippen LogP contribution in [0.5, 0.6) is 5.75 Å². The summed E-state index contributed by atoms with van der Waals surface area (Å²) < 4.78 is 16.9. The topological polar surface area (TPSA) is 121 Å². The number of alkyl carbamates (subject to hydrolysis) is 1. The summed E-state index contributed by atoms with van der Waals surface area (Å²) in [6.07, 6.45) is -1.43. The molecule has 3 aromatic carbocycles. The summed E-state index contributed by atoms with van der Waals surface area (Å²) >= 11 is 0. The minimum Gasteiger partial charge on any atom is -0.492 e. The van der Waals surface area contributed by atoms with Gasteiger partial charge in [0.1, 0.15) is 18.0 Å². The van der Waals surface area contributed by atoms with E-state index in [2.05, 4.69) is 10.2 Å². The van der Waals surface area contributed by atoms with Crippen LogP contribution in [0.1, 0.15) is 61.9 Å². The molecule has 1 saturated heterocycles. The van der Waals surface area contributed by atoms with E-state index in [0.717, 1.165) is 60.9 Å². The minimum absolute atomic E-state index is 0.0244. The molecule has 4 atom stereocenters. The van der Waals surface area contributed by atoms with E-state index in [1.165, 1.54) is 0 Å². The maximum absolute atomic E-state index is 14.1. The third kappa shape index (κ3) is 10.8. The summed E-state index contributed by atoms with van der Waals surface area (Å²) in [5.74, 6) is 0.563. The van der Waals surface area contributed by atoms with Gasteiger partial charge in [-0.3, -0.25) is 9.69 Å². The van der Waals surface area contributed by atoms with E-state index in [0.29, 0.717) is 19.4 Å². The van der Waals surface area contributed by atoms with E-state index in [9.17, 15) is 19.8 Å². The number of fused-ring (bicyclic) bond motifs is 1. The second kappa shape index (κ2) is 17.1. The summed E-state index contributed by atoms with van der Waals surface area (Å²) in [5.41, 5.74) is 3.09. The first kappa shape index (κ1) is 36.3. The average molecular weight is 674 g/mol. The van der Waals surface area contributed by atoms with Crippen LogP contribution in [0.15, 0.2) is 78.9 Å². The molecular formula is C39H51N3O7. The molecule has 1 heterocycles. The fourth-order valence-corrected chi connectivity index (χ4v) is 6.50. The van der Waals surface area contributed by atoms with Gasteiger partial charge in [-0.1, -0.05) is 66.7 Å². The molecule has 0 radical (unpaired) electrons. The van der Waals surface area contributed by atoms with Gasteiger partial charge in [-0.15, -0.1) is 0 Å². The van der Waals surface area contributed by atoms with Crippen LogP contribution in [0.2, 0.25) is 0 Å². The lowest BCUT2D eigenvalue weighted by molar-refractivity contribution is -0.137. The monoisotopic (exact) mass is 673 g/mol. The molecule has 264 valence electrons. The van der Waals surface area contributed by atoms with Crippen LogP contribution in [0.25, 0.3) is 0 Å². The SMILES string of the molecule is CC(C)(C)OC(=O)N[C@@H](Cc1ccccc1)[C@@H](O)CCC(=O)N(Cc1ccc(OCCN2CCOCC2)cc1)[C@H]1c2ccccc2C[C@H]1O. The van der Waals surface area contributed by atoms with Gasteiger partial charge in [0.05, 0.1) is 37.5 Å². The van der Waals surface area contributed by atoms with Gasteiger partial charge in [-0.2, -0.15) is 0 Å². The van der Waals surface area contributed by atoms with Gasteiger partial charge in [0, 0.05) is 39.0 Å². The van der Waals surface area contributed by atoms with E-state index in [1.54, 1.807) is 25.7 Å². The van der Waals surface area contributed by atoms with Crippen molar-refractivity contribution in [3.8, 4) is 5.75 Å². The molecule has 10 nitrogen and oxygen atoms in total. The summed E-state index contributed by atoms with van der Waals surface area (Å²) in [6.45, 7) is 10.4. The molecular weight excluding hydrogens is 622 g/mol. The zero-order valence-electron chi connectivity index (χ0n) is 28.9. The standard InChI is InChI=1S/C39H51N3O7/c1-39(2,3)49-38(46)40-33(25-28-9-5-4-6-10-28)34(43)17-18-36(45)42(37-32-12-8-7-11-30(32)26-35(37)44)27-29-13-15-31(16-14-29)48-24-21-41-19-22-47-23-20-41/h4-16,33-35,37,43-44H,17-27H2,1-3H3,(H,40,46)/t33-,34-,35+,37-/m0/s1. The Balaban J connectivity index is 1.27. The van der Waals surface area contributed by atoms with Gasteiger partial charge in [-0.25, -0.2) is 4.79 Å². The highest BCUT2D eigenvalue weighted by atomic mass is 16.6. The van der Waals surface area contributed by atoms with E-state index in [1.807, 2.05) is 78.9 Å². The smallest absolute Gasteiger partial charge is 0.407 e. The molecule has 2 amide bonds. The van der Waals surface area contributed by atoms with Crippen molar-refractivity contribution in [1.29, 1.82) is 0 Å². The third-order valence-electron chi connectivity index (χ3n) is 9.00. The second-order valence-corrected chi connectivity index (χ2v) is 13.9. The third-order valence-corrected chi connectivity index (χ3v) is 9.00. The number of nitrogens with zero attached hydrogens (tertiary/aromatic N) is 2. The first-order valence-electron chi connectivity index (χ1n) is 17.3. The molecule has 0 saturated carbocycles. The molecule has 1 aliphatic carbocycles. The highest BCUT2D eigenvalue weighted by Gasteiger charge is 2.38. The van der Waals surface area contributed by atoms with Crippen molar-refractivity contribution < 1.29 is 34.0 Å². The fourth-order valence-electron chi connectivity index (χ4n) is 6.50. The van der Waals surface area contributed by atoms with Crippen LogP contribution in [-0.2, 0) is 33.7 Å². The molecule has 5 rings (SSSR count). The molecule has 10 heteroatoms. The minimum atomic E-state index is -1.02. The van der Waals surface area contributed by atoms with Crippen molar-refractivity contribution >= 4 is 12.0 Å². The fraction of sp³-hybridized carbons (Fsp3) is 0.487. The lowest BCUT2D eigenvalue weighted by Crippen LogP contribution is -2.47. The van der Waals surface area contributed by atoms with Crippen LogP contribution in [0.3, 0.4) is 0 Å². The number of nitrogens with one attached hydrogen (secondary N) is 1. The molecule has 2 aliphatic rings. The van der Waals surface area contributed by atoms with Crippen molar-refractivity contribution in [2.45, 2.75) is 82.9 Å². The van der Waals surface area contributed by atoms with Crippen molar-refractivity contribution in [3.63, 3.8) is 0 Å². The van der Waals surface area contributed by atoms with E-state index < -0.39 is 36.0 Å². The predicted octanol–water partition coefficient (Wildman–Crippen LogP) is 4.66. The Hall–Kier alpha value is -3.96. The number of ether oxygens (including phenoxy) is 3. The molecule has 0 bridgehead atoms. The Morgan fingerprint density at radius 1 is 0.980 bits per heavy atom. The van der Waals surface area contributed by atoms with Gasteiger partial charge < -0.3 is 34.6 Å². The Labute approximate surface area is 290 Å². The van der Waals surface area contributed by atoms with Gasteiger partial charge in [0.25, 0.3) is 0 Å². The highest BCUT2D eigenvalue weighted by molar-refractivity contribution is 5.77. The predicted molar refractivity (Wildman–Crippen MR) is 187 cm³/mol. The Morgan fingerprint density at radius 3 is 2.39 bits per heavy atom. The first-order valence-corrected chi connectivity index (χ1v) is 17.3. The zero-order valence-corrected chi connectivity index (χ0v) is 28.9. The van der Waals surface area contributed by atoms with Crippen molar-refractivity contribution in [3.05, 3.63) is 101 Å². The number of hydrogen-bond donors (Lipinski definition) is 3. The van der Waals surface area contributed by atoms with Gasteiger partial charge in [0.15, 0.2) is 0 Å². The summed E-state index contributed by atoms with van der Waals surface area (Å²) in [6, 6.07) is 23.9. The molecule has 3 aromatic rings. The van der Waals surface area contributed by atoms with Crippen LogP contribution >= 0.6 is 0 Å². The van der Waals surface area contributed by atoms with Crippen molar-refractivity contribution in [1.82, 2.24) is 15.1 Å². The van der Waals surface area contributed by atoms with E-state index >= 15 is 0 Å². The maximum atomic E-state index is 14.1. The Bertz CT molecular complexity index is 1490. The second-order valence-electron chi connectivity index (χ2n) is 13.9. The van der Waals surface area contributed by atoms with Gasteiger partial charge in [0.2, 0.25) is 5.91 Å². The first-order chi connectivity index (χ1) is 23.6. The number of aliphatic hydroxyl groups excluding tert-OH is 2. The lowest BCUT2D eigenvalue weighted by Gasteiger charge is -2.33. The highest BCUT2D eigenvalue weighted by Crippen LogP contribution is 2.37. The number of carbonyl (C=O) groups is 2. The number of morpholine rings is 1. The molecule has 1 aliphatic heterocycles. The normalized spacial score (nSPS) is 19.0. The van der Waals surface area contributed by atoms with Crippen molar-refractivity contribution in [2.24, 2.45) is 0 Å². The molecule has 3 N–H and O–H groups in total. The number of aliphatic hydroxyl groups is 2. The number of benzene rings is 3. The zero-order chi connectivity index (χ0) is 34.8. The molecule has 0 spiro atoms. The van der Waals surface area contributed by atoms with Gasteiger partial charge >= 0.3 is 6.09 Å². The Kier molecular flexibility index (Phi) is 12.7. The van der Waals surface area contributed by atoms with Crippen molar-refractivity contribution in [2.75, 3.05) is 39.5 Å². The maximum Gasteiger partial charge on any atom is 0.407 e. The van der Waals surface area contributed by atoms with Crippen LogP contribution in [-0.4, -0.2) is 95.3 Å². The molecule has 0 aromatic heterocycles. The summed E-state index contributed by atoms with van der Waals surface area (Å²) in [4.78, 5) is 30.9. The van der Waals surface area contributed by atoms with Crippen LogP contribution < -0.4 is 10.1 Å². The molecule has 49 heavy (non-hydrogen) atoms. The number of hydrogen-bond acceptors (Lipinski definition) is 8.